The number of carbonyl (C=O) groups is 2. The fourth-order valence-electron chi connectivity index (χ4n) is 4.24. The summed E-state index contributed by atoms with van der Waals surface area (Å²) >= 11 is 0. The molecule has 2 aliphatic heterocycles. The molecule has 1 N–H and O–H groups in total. The third kappa shape index (κ3) is 4.05. The Morgan fingerprint density at radius 2 is 2.03 bits per heavy atom. The molecule has 0 aliphatic carbocycles. The van der Waals surface area contributed by atoms with Gasteiger partial charge in [0.05, 0.1) is 24.3 Å². The van der Waals surface area contributed by atoms with Crippen molar-refractivity contribution in [3.63, 3.8) is 0 Å². The Hall–Kier alpha value is -3.19. The summed E-state index contributed by atoms with van der Waals surface area (Å²) in [7, 11) is 0. The van der Waals surface area contributed by atoms with E-state index in [0.717, 1.165) is 24.0 Å². The number of rotatable bonds is 6. The molecular weight excluding hydrogens is 396 g/mol. The van der Waals surface area contributed by atoms with E-state index in [9.17, 15) is 14.7 Å². The Morgan fingerprint density at radius 3 is 2.68 bits per heavy atom. The number of aromatic nitrogens is 1. The lowest BCUT2D eigenvalue weighted by Gasteiger charge is -2.27. The smallest absolute Gasteiger partial charge is 0.295 e. The quantitative estimate of drug-likeness (QED) is 0.436. The van der Waals surface area contributed by atoms with E-state index in [0.29, 0.717) is 31.1 Å². The van der Waals surface area contributed by atoms with Gasteiger partial charge < -0.3 is 19.5 Å². The number of ether oxygens (including phenoxy) is 2. The highest BCUT2D eigenvalue weighted by molar-refractivity contribution is 6.46. The van der Waals surface area contributed by atoms with Crippen molar-refractivity contribution in [2.45, 2.75) is 38.8 Å². The minimum absolute atomic E-state index is 0.0813. The molecule has 3 heterocycles. The number of aliphatic hydroxyl groups excluding tert-OH is 1. The first-order valence-corrected chi connectivity index (χ1v) is 10.5. The van der Waals surface area contributed by atoms with E-state index in [1.165, 1.54) is 4.90 Å². The van der Waals surface area contributed by atoms with Crippen LogP contribution in [0.5, 0.6) is 5.75 Å². The highest BCUT2D eigenvalue weighted by atomic mass is 16.5. The van der Waals surface area contributed by atoms with Crippen molar-refractivity contribution in [1.82, 2.24) is 9.88 Å². The lowest BCUT2D eigenvalue weighted by atomic mass is 9.95. The van der Waals surface area contributed by atoms with Crippen LogP contribution in [0, 0.1) is 6.92 Å². The van der Waals surface area contributed by atoms with Gasteiger partial charge in [0.15, 0.2) is 0 Å². The number of Topliss-reactive ketones (excluding diaryl/α,β-unsaturated/α-hetero) is 1. The molecule has 31 heavy (non-hydrogen) atoms. The fourth-order valence-corrected chi connectivity index (χ4v) is 4.24. The Kier molecular flexibility index (Phi) is 6.04. The van der Waals surface area contributed by atoms with Crippen molar-refractivity contribution in [3.05, 3.63) is 65.0 Å². The summed E-state index contributed by atoms with van der Waals surface area (Å²) in [4.78, 5) is 31.6. The normalized spacial score (nSPS) is 22.8. The van der Waals surface area contributed by atoms with Gasteiger partial charge in [-0.15, -0.1) is 0 Å². The Morgan fingerprint density at radius 1 is 1.26 bits per heavy atom. The van der Waals surface area contributed by atoms with Crippen molar-refractivity contribution >= 4 is 17.4 Å². The molecule has 2 unspecified atom stereocenters. The molecule has 1 aromatic carbocycles. The van der Waals surface area contributed by atoms with Gasteiger partial charge in [0.2, 0.25) is 0 Å². The third-order valence-electron chi connectivity index (χ3n) is 5.73. The molecule has 7 nitrogen and oxygen atoms in total. The molecule has 1 aromatic heterocycles. The summed E-state index contributed by atoms with van der Waals surface area (Å²) < 4.78 is 11.3. The number of hydrogen-bond acceptors (Lipinski definition) is 6. The molecule has 162 valence electrons. The van der Waals surface area contributed by atoms with Crippen LogP contribution in [-0.2, 0) is 14.3 Å². The van der Waals surface area contributed by atoms with Crippen molar-refractivity contribution < 1.29 is 24.2 Å². The van der Waals surface area contributed by atoms with Gasteiger partial charge >= 0.3 is 0 Å². The summed E-state index contributed by atoms with van der Waals surface area (Å²) in [5, 5.41) is 11.2. The van der Waals surface area contributed by atoms with E-state index in [-0.39, 0.29) is 17.4 Å². The van der Waals surface area contributed by atoms with Crippen LogP contribution in [0.15, 0.2) is 48.3 Å². The maximum atomic E-state index is 13.1. The SMILES string of the molecule is CCOc1ccc(/C(O)=C2/C(=O)C(=O)N(CC3CCCO3)C2c2ccncc2)cc1C. The Labute approximate surface area is 181 Å². The maximum absolute atomic E-state index is 13.1. The van der Waals surface area contributed by atoms with Gasteiger partial charge in [-0.25, -0.2) is 0 Å². The molecule has 7 heteroatoms. The molecular formula is C24H26N2O5. The lowest BCUT2D eigenvalue weighted by molar-refractivity contribution is -0.140. The highest BCUT2D eigenvalue weighted by Crippen LogP contribution is 2.40. The topological polar surface area (TPSA) is 89.0 Å². The van der Waals surface area contributed by atoms with Crippen LogP contribution in [0.1, 0.15) is 42.5 Å². The van der Waals surface area contributed by atoms with E-state index < -0.39 is 17.7 Å². The number of pyridine rings is 1. The van der Waals surface area contributed by atoms with E-state index >= 15 is 0 Å². The molecule has 4 rings (SSSR count). The summed E-state index contributed by atoms with van der Waals surface area (Å²) in [6.07, 6.45) is 4.88. The molecule has 2 aromatic rings. The molecule has 2 atom stereocenters. The zero-order chi connectivity index (χ0) is 22.0. The molecule has 0 radical (unpaired) electrons. The predicted molar refractivity (Wildman–Crippen MR) is 115 cm³/mol. The molecule has 2 fully saturated rings. The molecule has 2 aliphatic rings. The number of ketones is 1. The van der Waals surface area contributed by atoms with Gasteiger partial charge in [0, 0.05) is 31.1 Å². The number of amides is 1. The van der Waals surface area contributed by atoms with Gasteiger partial charge in [0.1, 0.15) is 11.5 Å². The number of carbonyl (C=O) groups excluding carboxylic acids is 2. The minimum atomic E-state index is -0.695. The Bertz CT molecular complexity index is 1010. The third-order valence-corrected chi connectivity index (χ3v) is 5.73. The van der Waals surface area contributed by atoms with Gasteiger partial charge in [0.25, 0.3) is 11.7 Å². The Balaban J connectivity index is 1.79. The number of likely N-dealkylation sites (tertiary alicyclic amines) is 1. The second kappa shape index (κ2) is 8.89. The molecule has 2 saturated heterocycles. The summed E-state index contributed by atoms with van der Waals surface area (Å²) in [6, 6.07) is 8.05. The summed E-state index contributed by atoms with van der Waals surface area (Å²) in [5.41, 5.74) is 2.10. The van der Waals surface area contributed by atoms with Crippen LogP contribution >= 0.6 is 0 Å². The first-order valence-electron chi connectivity index (χ1n) is 10.5. The van der Waals surface area contributed by atoms with Crippen LogP contribution in [0.2, 0.25) is 0 Å². The second-order valence-corrected chi connectivity index (χ2v) is 7.78. The van der Waals surface area contributed by atoms with Crippen molar-refractivity contribution in [2.24, 2.45) is 0 Å². The van der Waals surface area contributed by atoms with E-state index in [2.05, 4.69) is 4.98 Å². The number of aliphatic hydroxyl groups is 1. The van der Waals surface area contributed by atoms with Crippen molar-refractivity contribution in [2.75, 3.05) is 19.8 Å². The predicted octanol–water partition coefficient (Wildman–Crippen LogP) is 3.39. The van der Waals surface area contributed by atoms with Crippen LogP contribution in [0.25, 0.3) is 5.76 Å². The summed E-state index contributed by atoms with van der Waals surface area (Å²) in [6.45, 7) is 5.26. The zero-order valence-electron chi connectivity index (χ0n) is 17.7. The van der Waals surface area contributed by atoms with Crippen LogP contribution in [0.4, 0.5) is 0 Å². The number of nitrogens with zero attached hydrogens (tertiary/aromatic N) is 2. The van der Waals surface area contributed by atoms with Gasteiger partial charge in [-0.1, -0.05) is 0 Å². The highest BCUT2D eigenvalue weighted by Gasteiger charge is 2.47. The van der Waals surface area contributed by atoms with Crippen LogP contribution in [-0.4, -0.2) is 52.5 Å². The maximum Gasteiger partial charge on any atom is 0.295 e. The first kappa shape index (κ1) is 21.1. The number of hydrogen-bond donors (Lipinski definition) is 1. The molecule has 0 bridgehead atoms. The standard InChI is InChI=1S/C24H26N2O5/c1-3-30-19-7-6-17(13-15(19)2)22(27)20-21(16-8-10-25-11-9-16)26(24(29)23(20)28)14-18-5-4-12-31-18/h6-11,13,18,21,27H,3-5,12,14H2,1-2H3/b22-20-. The van der Waals surface area contributed by atoms with Gasteiger partial charge in [-0.05, 0) is 68.1 Å². The minimum Gasteiger partial charge on any atom is -0.507 e. The molecule has 0 spiro atoms. The fraction of sp³-hybridized carbons (Fsp3) is 0.375. The van der Waals surface area contributed by atoms with E-state index in [1.807, 2.05) is 13.8 Å². The van der Waals surface area contributed by atoms with Gasteiger partial charge in [-0.2, -0.15) is 0 Å². The van der Waals surface area contributed by atoms with Crippen molar-refractivity contribution in [3.8, 4) is 5.75 Å². The number of aryl methyl sites for hydroxylation is 1. The van der Waals surface area contributed by atoms with Crippen LogP contribution < -0.4 is 4.74 Å². The zero-order valence-corrected chi connectivity index (χ0v) is 17.7. The summed E-state index contributed by atoms with van der Waals surface area (Å²) in [5.74, 6) is -0.796. The van der Waals surface area contributed by atoms with Crippen LogP contribution in [0.3, 0.4) is 0 Å². The largest absolute Gasteiger partial charge is 0.507 e. The van der Waals surface area contributed by atoms with E-state index in [4.69, 9.17) is 9.47 Å². The molecule has 1 amide bonds. The average molecular weight is 422 g/mol. The van der Waals surface area contributed by atoms with Crippen molar-refractivity contribution in [1.29, 1.82) is 0 Å². The monoisotopic (exact) mass is 422 g/mol. The second-order valence-electron chi connectivity index (χ2n) is 7.78. The number of benzene rings is 1. The lowest BCUT2D eigenvalue weighted by Crippen LogP contribution is -2.36. The first-order chi connectivity index (χ1) is 15.0. The average Bonchev–Trinajstić information content (AvgIpc) is 3.38. The molecule has 0 saturated carbocycles. The van der Waals surface area contributed by atoms with E-state index in [1.54, 1.807) is 42.7 Å². The van der Waals surface area contributed by atoms with Gasteiger partial charge in [-0.3, -0.25) is 14.6 Å².